The van der Waals surface area contributed by atoms with Crippen LogP contribution in [0.5, 0.6) is 0 Å². The molecule has 0 spiro atoms. The molecule has 0 aromatic heterocycles. The van der Waals surface area contributed by atoms with Crippen LogP contribution in [0, 0.1) is 17.6 Å². The number of halogens is 2. The average molecular weight is 258 g/mol. The lowest BCUT2D eigenvalue weighted by molar-refractivity contribution is -0.118. The molecule has 0 radical (unpaired) electrons. The smallest absolute Gasteiger partial charge is 0.234 e. The van der Waals surface area contributed by atoms with E-state index >= 15 is 0 Å². The standard InChI is InChI=1S/C11H12F2N2OS/c1-2-9(10(14)17)11(16)15-8-4-6(12)3-7(13)5-8/h3-5,9H,2H2,1H3,(H2,14,17)(H,15,16). The third-order valence-electron chi connectivity index (χ3n) is 2.20. The van der Waals surface area contributed by atoms with Gasteiger partial charge in [-0.15, -0.1) is 0 Å². The van der Waals surface area contributed by atoms with Gasteiger partial charge < -0.3 is 11.1 Å². The van der Waals surface area contributed by atoms with Crippen molar-refractivity contribution >= 4 is 28.8 Å². The molecule has 0 heterocycles. The maximum absolute atomic E-state index is 12.9. The number of hydrogen-bond donors (Lipinski definition) is 2. The summed E-state index contributed by atoms with van der Waals surface area (Å²) >= 11 is 4.73. The predicted molar refractivity (Wildman–Crippen MR) is 65.6 cm³/mol. The molecule has 1 aromatic carbocycles. The van der Waals surface area contributed by atoms with E-state index in [9.17, 15) is 13.6 Å². The van der Waals surface area contributed by atoms with E-state index in [1.54, 1.807) is 6.92 Å². The second-order valence-corrected chi connectivity index (χ2v) is 3.98. The van der Waals surface area contributed by atoms with Gasteiger partial charge in [0.15, 0.2) is 0 Å². The van der Waals surface area contributed by atoms with Crippen LogP contribution in [0.2, 0.25) is 0 Å². The molecule has 6 heteroatoms. The summed E-state index contributed by atoms with van der Waals surface area (Å²) in [4.78, 5) is 11.7. The molecule has 0 saturated carbocycles. The summed E-state index contributed by atoms with van der Waals surface area (Å²) in [6, 6.07) is 2.76. The van der Waals surface area contributed by atoms with Crippen LogP contribution in [0.4, 0.5) is 14.5 Å². The molecule has 0 bridgehead atoms. The molecule has 0 aliphatic heterocycles. The maximum atomic E-state index is 12.9. The largest absolute Gasteiger partial charge is 0.393 e. The van der Waals surface area contributed by atoms with Crippen molar-refractivity contribution in [2.24, 2.45) is 11.7 Å². The SMILES string of the molecule is CCC(C(=O)Nc1cc(F)cc(F)c1)C(N)=S. The lowest BCUT2D eigenvalue weighted by Crippen LogP contribution is -2.32. The summed E-state index contributed by atoms with van der Waals surface area (Å²) in [6.07, 6.45) is 0.430. The summed E-state index contributed by atoms with van der Waals surface area (Å²) < 4.78 is 25.8. The van der Waals surface area contributed by atoms with Gasteiger partial charge in [-0.2, -0.15) is 0 Å². The second-order valence-electron chi connectivity index (χ2n) is 3.51. The highest BCUT2D eigenvalue weighted by molar-refractivity contribution is 7.80. The zero-order valence-electron chi connectivity index (χ0n) is 9.17. The fourth-order valence-corrected chi connectivity index (χ4v) is 1.64. The number of carbonyl (C=O) groups is 1. The predicted octanol–water partition coefficient (Wildman–Crippen LogP) is 2.22. The number of nitrogens with one attached hydrogen (secondary N) is 1. The third-order valence-corrected chi connectivity index (χ3v) is 2.48. The summed E-state index contributed by atoms with van der Waals surface area (Å²) in [7, 11) is 0. The van der Waals surface area contributed by atoms with Gasteiger partial charge >= 0.3 is 0 Å². The van der Waals surface area contributed by atoms with E-state index in [-0.39, 0.29) is 10.7 Å². The lowest BCUT2D eigenvalue weighted by Gasteiger charge is -2.13. The van der Waals surface area contributed by atoms with E-state index in [2.05, 4.69) is 5.32 Å². The van der Waals surface area contributed by atoms with Crippen molar-refractivity contribution in [2.45, 2.75) is 13.3 Å². The van der Waals surface area contributed by atoms with E-state index in [0.29, 0.717) is 6.42 Å². The van der Waals surface area contributed by atoms with Gasteiger partial charge in [0.1, 0.15) is 11.6 Å². The van der Waals surface area contributed by atoms with Crippen molar-refractivity contribution in [1.82, 2.24) is 0 Å². The number of hydrogen-bond acceptors (Lipinski definition) is 2. The molecule has 92 valence electrons. The molecular weight excluding hydrogens is 246 g/mol. The Kier molecular flexibility index (Phi) is 4.51. The van der Waals surface area contributed by atoms with Gasteiger partial charge in [-0.05, 0) is 18.6 Å². The Morgan fingerprint density at radius 1 is 1.41 bits per heavy atom. The first-order valence-electron chi connectivity index (χ1n) is 5.00. The molecule has 1 rings (SSSR count). The Hall–Kier alpha value is -1.56. The number of benzene rings is 1. The van der Waals surface area contributed by atoms with Crippen molar-refractivity contribution in [3.63, 3.8) is 0 Å². The maximum Gasteiger partial charge on any atom is 0.234 e. The Bertz CT molecular complexity index is 431. The molecule has 1 aromatic rings. The number of rotatable bonds is 4. The van der Waals surface area contributed by atoms with E-state index < -0.39 is 23.5 Å². The monoisotopic (exact) mass is 258 g/mol. The van der Waals surface area contributed by atoms with Gasteiger partial charge in [-0.1, -0.05) is 19.1 Å². The lowest BCUT2D eigenvalue weighted by atomic mass is 10.1. The number of anilines is 1. The fourth-order valence-electron chi connectivity index (χ4n) is 1.37. The van der Waals surface area contributed by atoms with E-state index in [4.69, 9.17) is 18.0 Å². The number of thiocarbonyl (C=S) groups is 1. The van der Waals surface area contributed by atoms with Crippen LogP contribution in [-0.2, 0) is 4.79 Å². The first-order chi connectivity index (χ1) is 7.93. The van der Waals surface area contributed by atoms with Crippen LogP contribution >= 0.6 is 12.2 Å². The number of carbonyl (C=O) groups excluding carboxylic acids is 1. The molecule has 1 amide bonds. The first-order valence-corrected chi connectivity index (χ1v) is 5.41. The zero-order valence-corrected chi connectivity index (χ0v) is 9.98. The van der Waals surface area contributed by atoms with E-state index in [1.165, 1.54) is 0 Å². The van der Waals surface area contributed by atoms with Crippen LogP contribution in [0.3, 0.4) is 0 Å². The van der Waals surface area contributed by atoms with Crippen LogP contribution in [-0.4, -0.2) is 10.9 Å². The first kappa shape index (κ1) is 13.5. The molecule has 0 aliphatic carbocycles. The highest BCUT2D eigenvalue weighted by Gasteiger charge is 2.19. The van der Waals surface area contributed by atoms with Crippen LogP contribution in [0.15, 0.2) is 18.2 Å². The summed E-state index contributed by atoms with van der Waals surface area (Å²) in [5, 5.41) is 2.37. The quantitative estimate of drug-likeness (QED) is 0.814. The minimum Gasteiger partial charge on any atom is -0.393 e. The Morgan fingerprint density at radius 2 is 1.94 bits per heavy atom. The van der Waals surface area contributed by atoms with E-state index in [0.717, 1.165) is 18.2 Å². The normalized spacial score (nSPS) is 11.9. The van der Waals surface area contributed by atoms with Crippen LogP contribution in [0.25, 0.3) is 0 Å². The molecule has 0 saturated heterocycles. The molecule has 3 nitrogen and oxygen atoms in total. The Labute approximate surface area is 103 Å². The van der Waals surface area contributed by atoms with Gasteiger partial charge in [0.2, 0.25) is 5.91 Å². The topological polar surface area (TPSA) is 55.1 Å². The van der Waals surface area contributed by atoms with Gasteiger partial charge in [0, 0.05) is 11.8 Å². The van der Waals surface area contributed by atoms with Gasteiger partial charge in [0.05, 0.1) is 10.9 Å². The molecule has 17 heavy (non-hydrogen) atoms. The summed E-state index contributed by atoms with van der Waals surface area (Å²) in [5.74, 6) is -2.63. The van der Waals surface area contributed by atoms with Gasteiger partial charge in [-0.3, -0.25) is 4.79 Å². The molecule has 0 fully saturated rings. The molecule has 3 N–H and O–H groups in total. The highest BCUT2D eigenvalue weighted by atomic mass is 32.1. The minimum absolute atomic E-state index is 0.0437. The number of amides is 1. The molecular formula is C11H12F2N2OS. The van der Waals surface area contributed by atoms with Crippen molar-refractivity contribution in [2.75, 3.05) is 5.32 Å². The summed E-state index contributed by atoms with van der Waals surface area (Å²) in [6.45, 7) is 1.75. The molecule has 1 unspecified atom stereocenters. The number of nitrogens with two attached hydrogens (primary N) is 1. The summed E-state index contributed by atoms with van der Waals surface area (Å²) in [5.41, 5.74) is 5.43. The second kappa shape index (κ2) is 5.67. The Morgan fingerprint density at radius 3 is 2.35 bits per heavy atom. The van der Waals surface area contributed by atoms with Crippen LogP contribution < -0.4 is 11.1 Å². The van der Waals surface area contributed by atoms with Crippen molar-refractivity contribution in [1.29, 1.82) is 0 Å². The van der Waals surface area contributed by atoms with Gasteiger partial charge in [0.25, 0.3) is 0 Å². The Balaban J connectivity index is 2.83. The van der Waals surface area contributed by atoms with Crippen molar-refractivity contribution < 1.29 is 13.6 Å². The molecule has 1 atom stereocenters. The average Bonchev–Trinajstić information content (AvgIpc) is 2.15. The van der Waals surface area contributed by atoms with Crippen molar-refractivity contribution in [3.8, 4) is 0 Å². The minimum atomic E-state index is -0.760. The van der Waals surface area contributed by atoms with E-state index in [1.807, 2.05) is 0 Å². The zero-order chi connectivity index (χ0) is 13.0. The highest BCUT2D eigenvalue weighted by Crippen LogP contribution is 2.15. The third kappa shape index (κ3) is 3.74. The molecule has 0 aliphatic rings. The van der Waals surface area contributed by atoms with Gasteiger partial charge in [-0.25, -0.2) is 8.78 Å². The van der Waals surface area contributed by atoms with Crippen molar-refractivity contribution in [3.05, 3.63) is 29.8 Å². The van der Waals surface area contributed by atoms with Crippen LogP contribution in [0.1, 0.15) is 13.3 Å². The fraction of sp³-hybridized carbons (Fsp3) is 0.273.